The van der Waals surface area contributed by atoms with Gasteiger partial charge in [-0.2, -0.15) is 0 Å². The summed E-state index contributed by atoms with van der Waals surface area (Å²) >= 11 is 0. The Bertz CT molecular complexity index is 1180. The van der Waals surface area contributed by atoms with Crippen LogP contribution < -0.4 is 5.32 Å². The number of fused-ring (bicyclic) bond motifs is 2. The van der Waals surface area contributed by atoms with Crippen LogP contribution in [0.5, 0.6) is 0 Å². The second-order valence-electron chi connectivity index (χ2n) is 9.19. The van der Waals surface area contributed by atoms with Gasteiger partial charge >= 0.3 is 0 Å². The number of pyridine rings is 1. The maximum absolute atomic E-state index is 13.4. The van der Waals surface area contributed by atoms with Gasteiger partial charge in [-0.25, -0.2) is 4.98 Å². The first-order valence-corrected chi connectivity index (χ1v) is 11.3. The number of aryl methyl sites for hydroxylation is 3. The number of carbonyl (C=O) groups excluding carboxylic acids is 1. The molecule has 162 valence electrons. The minimum atomic E-state index is -0.0146. The fraction of sp³-hybridized carbons (Fsp3) is 0.480. The van der Waals surface area contributed by atoms with Gasteiger partial charge in [-0.1, -0.05) is 11.6 Å². The van der Waals surface area contributed by atoms with E-state index < -0.39 is 0 Å². The normalized spacial score (nSPS) is 18.3. The molecule has 2 N–H and O–H groups in total. The molecule has 1 amide bonds. The van der Waals surface area contributed by atoms with Crippen molar-refractivity contribution in [2.24, 2.45) is 0 Å². The molecule has 1 aromatic carbocycles. The molecule has 1 saturated carbocycles. The third-order valence-corrected chi connectivity index (χ3v) is 6.68. The van der Waals surface area contributed by atoms with Crippen LogP contribution in [0.2, 0.25) is 0 Å². The van der Waals surface area contributed by atoms with Gasteiger partial charge in [0.15, 0.2) is 0 Å². The number of nitrogens with zero attached hydrogens (tertiary/aromatic N) is 3. The van der Waals surface area contributed by atoms with Crippen molar-refractivity contribution in [2.75, 3.05) is 6.61 Å². The molecule has 1 fully saturated rings. The Kier molecular flexibility index (Phi) is 5.05. The van der Waals surface area contributed by atoms with Gasteiger partial charge in [0.2, 0.25) is 0 Å². The van der Waals surface area contributed by atoms with E-state index in [9.17, 15) is 9.90 Å². The summed E-state index contributed by atoms with van der Waals surface area (Å²) in [5.41, 5.74) is 7.26. The maximum atomic E-state index is 13.4. The highest BCUT2D eigenvalue weighted by Crippen LogP contribution is 2.40. The smallest absolute Gasteiger partial charge is 0.252 e. The molecule has 1 unspecified atom stereocenters. The highest BCUT2D eigenvalue weighted by molar-refractivity contribution is 6.07. The van der Waals surface area contributed by atoms with Crippen LogP contribution in [-0.2, 0) is 19.4 Å². The molecular weight excluding hydrogens is 388 g/mol. The van der Waals surface area contributed by atoms with E-state index >= 15 is 0 Å². The van der Waals surface area contributed by atoms with Gasteiger partial charge in [0, 0.05) is 41.7 Å². The average molecular weight is 419 g/mol. The number of aromatic nitrogens is 3. The Morgan fingerprint density at radius 3 is 2.71 bits per heavy atom. The summed E-state index contributed by atoms with van der Waals surface area (Å²) in [6, 6.07) is 6.31. The third-order valence-electron chi connectivity index (χ3n) is 6.68. The summed E-state index contributed by atoms with van der Waals surface area (Å²) < 4.78 is 2.11. The lowest BCUT2D eigenvalue weighted by Crippen LogP contribution is -2.39. The Hall–Kier alpha value is -2.73. The van der Waals surface area contributed by atoms with Crippen molar-refractivity contribution in [3.05, 3.63) is 57.8 Å². The molecule has 2 aliphatic carbocycles. The van der Waals surface area contributed by atoms with Crippen LogP contribution in [0.15, 0.2) is 18.2 Å². The van der Waals surface area contributed by atoms with Crippen molar-refractivity contribution in [3.63, 3.8) is 0 Å². The summed E-state index contributed by atoms with van der Waals surface area (Å²) in [5.74, 6) is 1.41. The molecule has 3 aromatic rings. The number of aliphatic hydroxyl groups excluding tert-OH is 1. The van der Waals surface area contributed by atoms with Crippen molar-refractivity contribution in [1.29, 1.82) is 0 Å². The zero-order valence-corrected chi connectivity index (χ0v) is 18.5. The Labute approximate surface area is 182 Å². The van der Waals surface area contributed by atoms with Crippen LogP contribution in [0.4, 0.5) is 0 Å². The zero-order chi connectivity index (χ0) is 21.7. The summed E-state index contributed by atoms with van der Waals surface area (Å²) in [6.07, 6.45) is 4.80. The number of benzene rings is 1. The first kappa shape index (κ1) is 20.2. The van der Waals surface area contributed by atoms with Crippen molar-refractivity contribution >= 4 is 16.8 Å². The predicted octanol–water partition coefficient (Wildman–Crippen LogP) is 3.51. The number of aliphatic hydroxyl groups is 1. The SMILES string of the molecule is Cc1cc(C)c2nc(C3CC3)cc(C(=O)NC3CCc4c(nc(C)n4CCO)C3)c2c1. The largest absolute Gasteiger partial charge is 0.395 e. The Morgan fingerprint density at radius 2 is 1.97 bits per heavy atom. The van der Waals surface area contributed by atoms with E-state index in [0.717, 1.165) is 76.9 Å². The fourth-order valence-corrected chi connectivity index (χ4v) is 5.02. The van der Waals surface area contributed by atoms with Crippen LogP contribution in [0.3, 0.4) is 0 Å². The molecule has 0 spiro atoms. The van der Waals surface area contributed by atoms with Gasteiger partial charge in [-0.05, 0) is 64.2 Å². The van der Waals surface area contributed by atoms with E-state index in [-0.39, 0.29) is 18.6 Å². The number of rotatable bonds is 5. The zero-order valence-electron chi connectivity index (χ0n) is 18.5. The molecule has 0 radical (unpaired) electrons. The van der Waals surface area contributed by atoms with Crippen molar-refractivity contribution in [3.8, 4) is 0 Å². The lowest BCUT2D eigenvalue weighted by Gasteiger charge is -2.24. The number of amides is 1. The number of carbonyl (C=O) groups is 1. The van der Waals surface area contributed by atoms with Crippen molar-refractivity contribution < 1.29 is 9.90 Å². The van der Waals surface area contributed by atoms with Crippen molar-refractivity contribution in [1.82, 2.24) is 19.9 Å². The van der Waals surface area contributed by atoms with E-state index in [1.165, 1.54) is 5.69 Å². The Morgan fingerprint density at radius 1 is 1.16 bits per heavy atom. The maximum Gasteiger partial charge on any atom is 0.252 e. The monoisotopic (exact) mass is 418 g/mol. The molecule has 2 aliphatic rings. The van der Waals surface area contributed by atoms with E-state index in [4.69, 9.17) is 9.97 Å². The summed E-state index contributed by atoms with van der Waals surface area (Å²) in [4.78, 5) is 23.1. The highest BCUT2D eigenvalue weighted by atomic mass is 16.3. The van der Waals surface area contributed by atoms with E-state index in [1.807, 2.05) is 13.0 Å². The number of imidazole rings is 1. The van der Waals surface area contributed by atoms with Gasteiger partial charge in [-0.3, -0.25) is 9.78 Å². The van der Waals surface area contributed by atoms with E-state index in [0.29, 0.717) is 12.5 Å². The molecule has 1 atom stereocenters. The van der Waals surface area contributed by atoms with Gasteiger partial charge in [0.25, 0.3) is 5.91 Å². The summed E-state index contributed by atoms with van der Waals surface area (Å²) in [6.45, 7) is 6.82. The number of hydrogen-bond donors (Lipinski definition) is 2. The molecule has 31 heavy (non-hydrogen) atoms. The van der Waals surface area contributed by atoms with Gasteiger partial charge < -0.3 is 15.0 Å². The fourth-order valence-electron chi connectivity index (χ4n) is 5.02. The summed E-state index contributed by atoms with van der Waals surface area (Å²) in [5, 5.41) is 13.6. The predicted molar refractivity (Wildman–Crippen MR) is 121 cm³/mol. The van der Waals surface area contributed by atoms with Crippen LogP contribution in [-0.4, -0.2) is 38.2 Å². The Balaban J connectivity index is 1.44. The molecule has 6 nitrogen and oxygen atoms in total. The minimum absolute atomic E-state index is 0.0146. The lowest BCUT2D eigenvalue weighted by atomic mass is 9.94. The van der Waals surface area contributed by atoms with Gasteiger partial charge in [0.05, 0.1) is 23.4 Å². The molecule has 2 aromatic heterocycles. The first-order chi connectivity index (χ1) is 14.9. The van der Waals surface area contributed by atoms with Crippen LogP contribution in [0.1, 0.15) is 69.6 Å². The van der Waals surface area contributed by atoms with Gasteiger partial charge in [0.1, 0.15) is 5.82 Å². The second kappa shape index (κ2) is 7.75. The molecule has 0 aliphatic heterocycles. The van der Waals surface area contributed by atoms with E-state index in [2.05, 4.69) is 35.9 Å². The first-order valence-electron chi connectivity index (χ1n) is 11.3. The highest BCUT2D eigenvalue weighted by Gasteiger charge is 2.29. The topological polar surface area (TPSA) is 80.0 Å². The standard InChI is InChI=1S/C25H30N4O2/c1-14-10-15(2)24-19(11-14)20(13-21(28-24)17-4-5-17)25(31)27-18-6-7-23-22(12-18)26-16(3)29(23)8-9-30/h10-11,13,17-18,30H,4-9,12H2,1-3H3,(H,27,31). The summed E-state index contributed by atoms with van der Waals surface area (Å²) in [7, 11) is 0. The average Bonchev–Trinajstić information content (AvgIpc) is 3.53. The number of nitrogens with one attached hydrogen (secondary N) is 1. The minimum Gasteiger partial charge on any atom is -0.395 e. The number of hydrogen-bond acceptors (Lipinski definition) is 4. The van der Waals surface area contributed by atoms with Crippen LogP contribution in [0.25, 0.3) is 10.9 Å². The molecule has 2 heterocycles. The second-order valence-corrected chi connectivity index (χ2v) is 9.19. The quantitative estimate of drug-likeness (QED) is 0.664. The molecule has 0 saturated heterocycles. The van der Waals surface area contributed by atoms with Crippen molar-refractivity contribution in [2.45, 2.75) is 71.4 Å². The molecule has 5 rings (SSSR count). The third kappa shape index (κ3) is 3.74. The lowest BCUT2D eigenvalue weighted by molar-refractivity contribution is 0.0935. The molecular formula is C25H30N4O2. The van der Waals surface area contributed by atoms with Crippen LogP contribution >= 0.6 is 0 Å². The molecule has 6 heteroatoms. The van der Waals surface area contributed by atoms with Crippen LogP contribution in [0, 0.1) is 20.8 Å². The van der Waals surface area contributed by atoms with E-state index in [1.54, 1.807) is 0 Å². The molecule has 0 bridgehead atoms. The van der Waals surface area contributed by atoms with Gasteiger partial charge in [-0.15, -0.1) is 0 Å².